The second-order valence-electron chi connectivity index (χ2n) is 7.83. The van der Waals surface area contributed by atoms with E-state index in [1.165, 1.54) is 101 Å². The highest BCUT2D eigenvalue weighted by Gasteiger charge is 2.13. The van der Waals surface area contributed by atoms with E-state index in [1.54, 1.807) is 11.1 Å². The molecule has 1 aliphatic carbocycles. The van der Waals surface area contributed by atoms with Gasteiger partial charge >= 0.3 is 0 Å². The summed E-state index contributed by atoms with van der Waals surface area (Å²) >= 11 is 0. The first-order valence-electron chi connectivity index (χ1n) is 10.9. The van der Waals surface area contributed by atoms with Gasteiger partial charge in [0.05, 0.1) is 0 Å². The van der Waals surface area contributed by atoms with Crippen LogP contribution >= 0.6 is 0 Å². The second kappa shape index (κ2) is 14.2. The van der Waals surface area contributed by atoms with Crippen LogP contribution in [-0.4, -0.2) is 0 Å². The average Bonchev–Trinajstić information content (AvgIpc) is 2.58. The zero-order valence-electron chi connectivity index (χ0n) is 17.3. The maximum Gasteiger partial charge on any atom is -0.0215 e. The molecule has 0 N–H and O–H groups in total. The number of hydrogen-bond donors (Lipinski definition) is 0. The Hall–Kier alpha value is -1.04. The SMILES string of the molecule is C=C(C)C1=C(C)CCC=C1CCCCCCC/C=C/CCCCCC. The minimum absolute atomic E-state index is 1.22. The van der Waals surface area contributed by atoms with Gasteiger partial charge in [-0.3, -0.25) is 0 Å². The van der Waals surface area contributed by atoms with E-state index in [0.29, 0.717) is 0 Å². The van der Waals surface area contributed by atoms with Gasteiger partial charge in [-0.25, -0.2) is 0 Å². The van der Waals surface area contributed by atoms with Gasteiger partial charge in [0.25, 0.3) is 0 Å². The van der Waals surface area contributed by atoms with Crippen LogP contribution in [0.25, 0.3) is 0 Å². The summed E-state index contributed by atoms with van der Waals surface area (Å²) in [6.45, 7) is 10.9. The lowest BCUT2D eigenvalue weighted by molar-refractivity contribution is 0.615. The van der Waals surface area contributed by atoms with Crippen molar-refractivity contribution in [3.63, 3.8) is 0 Å². The van der Waals surface area contributed by atoms with Crippen LogP contribution < -0.4 is 0 Å². The van der Waals surface area contributed by atoms with Gasteiger partial charge in [0.1, 0.15) is 0 Å². The molecule has 0 aromatic carbocycles. The summed E-state index contributed by atoms with van der Waals surface area (Å²) in [5.74, 6) is 0. The standard InChI is InChI=1S/C25H42/c1-5-6-7-8-9-10-11-12-13-14-15-16-17-20-24-21-18-19-23(4)25(24)22(2)3/h10-11,21H,2,5-9,12-20H2,1,3-4H3/b11-10+. The first-order chi connectivity index (χ1) is 12.2. The van der Waals surface area contributed by atoms with E-state index in [0.717, 1.165) is 0 Å². The van der Waals surface area contributed by atoms with Crippen molar-refractivity contribution in [2.45, 2.75) is 111 Å². The molecule has 0 nitrogen and oxygen atoms in total. The highest BCUT2D eigenvalue weighted by Crippen LogP contribution is 2.32. The van der Waals surface area contributed by atoms with E-state index in [1.807, 2.05) is 0 Å². The van der Waals surface area contributed by atoms with E-state index in [9.17, 15) is 0 Å². The van der Waals surface area contributed by atoms with Crippen LogP contribution in [0, 0.1) is 0 Å². The van der Waals surface area contributed by atoms with Crippen molar-refractivity contribution < 1.29 is 0 Å². The van der Waals surface area contributed by atoms with E-state index in [2.05, 4.69) is 45.6 Å². The zero-order chi connectivity index (χ0) is 18.3. The van der Waals surface area contributed by atoms with Crippen LogP contribution in [0.3, 0.4) is 0 Å². The molecule has 0 aromatic heterocycles. The van der Waals surface area contributed by atoms with E-state index >= 15 is 0 Å². The number of unbranched alkanes of at least 4 members (excludes halogenated alkanes) is 9. The van der Waals surface area contributed by atoms with Gasteiger partial charge < -0.3 is 0 Å². The lowest BCUT2D eigenvalue weighted by atomic mass is 9.85. The Morgan fingerprint density at radius 2 is 1.56 bits per heavy atom. The number of rotatable bonds is 14. The van der Waals surface area contributed by atoms with Gasteiger partial charge in [0.15, 0.2) is 0 Å². The smallest absolute Gasteiger partial charge is 0.0215 e. The molecule has 0 atom stereocenters. The molecule has 0 spiro atoms. The normalized spacial score (nSPS) is 15.1. The van der Waals surface area contributed by atoms with Crippen LogP contribution in [0.15, 0.2) is 47.1 Å². The Balaban J connectivity index is 2.03. The van der Waals surface area contributed by atoms with Crippen molar-refractivity contribution in [3.8, 4) is 0 Å². The molecule has 1 aliphatic rings. The molecule has 0 fully saturated rings. The van der Waals surface area contributed by atoms with E-state index in [4.69, 9.17) is 0 Å². The third-order valence-corrected chi connectivity index (χ3v) is 5.29. The quantitative estimate of drug-likeness (QED) is 0.218. The molecular weight excluding hydrogens is 300 g/mol. The predicted molar refractivity (Wildman–Crippen MR) is 115 cm³/mol. The lowest BCUT2D eigenvalue weighted by Gasteiger charge is -2.20. The Labute approximate surface area is 158 Å². The van der Waals surface area contributed by atoms with Gasteiger partial charge in [0, 0.05) is 0 Å². The monoisotopic (exact) mass is 342 g/mol. The summed E-state index contributed by atoms with van der Waals surface area (Å²) in [7, 11) is 0. The number of hydrogen-bond acceptors (Lipinski definition) is 0. The van der Waals surface area contributed by atoms with Crippen molar-refractivity contribution in [2.24, 2.45) is 0 Å². The largest absolute Gasteiger partial charge is 0.0955 e. The maximum absolute atomic E-state index is 4.19. The molecule has 0 bridgehead atoms. The van der Waals surface area contributed by atoms with Gasteiger partial charge in [-0.05, 0) is 76.4 Å². The van der Waals surface area contributed by atoms with Crippen molar-refractivity contribution in [1.29, 1.82) is 0 Å². The summed E-state index contributed by atoms with van der Waals surface area (Å²) in [5.41, 5.74) is 5.86. The molecule has 142 valence electrons. The van der Waals surface area contributed by atoms with Crippen molar-refractivity contribution in [1.82, 2.24) is 0 Å². The predicted octanol–water partition coefficient (Wildman–Crippen LogP) is 8.86. The maximum atomic E-state index is 4.19. The first kappa shape index (κ1) is 22.0. The van der Waals surface area contributed by atoms with Crippen LogP contribution in [0.2, 0.25) is 0 Å². The third kappa shape index (κ3) is 9.88. The van der Waals surface area contributed by atoms with Crippen LogP contribution in [0.5, 0.6) is 0 Å². The van der Waals surface area contributed by atoms with Crippen molar-refractivity contribution >= 4 is 0 Å². The fourth-order valence-corrected chi connectivity index (χ4v) is 3.86. The molecule has 0 saturated carbocycles. The molecule has 0 amide bonds. The van der Waals surface area contributed by atoms with Crippen LogP contribution in [-0.2, 0) is 0 Å². The molecule has 0 saturated heterocycles. The van der Waals surface area contributed by atoms with Gasteiger partial charge in [-0.2, -0.15) is 0 Å². The van der Waals surface area contributed by atoms with Crippen LogP contribution in [0.1, 0.15) is 111 Å². The number of allylic oxidation sites excluding steroid dienone is 7. The Kier molecular flexibility index (Phi) is 12.5. The van der Waals surface area contributed by atoms with Gasteiger partial charge in [-0.1, -0.05) is 81.4 Å². The average molecular weight is 343 g/mol. The highest BCUT2D eigenvalue weighted by molar-refractivity contribution is 5.49. The summed E-state index contributed by atoms with van der Waals surface area (Å²) in [4.78, 5) is 0. The minimum Gasteiger partial charge on any atom is -0.0955 e. The molecule has 0 unspecified atom stereocenters. The zero-order valence-corrected chi connectivity index (χ0v) is 17.3. The Morgan fingerprint density at radius 1 is 0.960 bits per heavy atom. The lowest BCUT2D eigenvalue weighted by Crippen LogP contribution is -2.01. The summed E-state index contributed by atoms with van der Waals surface area (Å²) < 4.78 is 0. The molecule has 0 heteroatoms. The highest BCUT2D eigenvalue weighted by atomic mass is 14.2. The molecule has 1 rings (SSSR count). The van der Waals surface area contributed by atoms with Crippen molar-refractivity contribution in [2.75, 3.05) is 0 Å². The second-order valence-corrected chi connectivity index (χ2v) is 7.83. The van der Waals surface area contributed by atoms with Crippen LogP contribution in [0.4, 0.5) is 0 Å². The Bertz CT molecular complexity index is 458. The molecule has 0 heterocycles. The minimum atomic E-state index is 1.22. The molecule has 0 aromatic rings. The molecule has 0 aliphatic heterocycles. The fourth-order valence-electron chi connectivity index (χ4n) is 3.86. The fraction of sp³-hybridized carbons (Fsp3) is 0.680. The van der Waals surface area contributed by atoms with Crippen molar-refractivity contribution in [3.05, 3.63) is 47.1 Å². The van der Waals surface area contributed by atoms with Gasteiger partial charge in [0.2, 0.25) is 0 Å². The summed E-state index contributed by atoms with van der Waals surface area (Å²) in [5, 5.41) is 0. The molecular formula is C25H42. The van der Waals surface area contributed by atoms with Gasteiger partial charge in [-0.15, -0.1) is 0 Å². The molecule has 25 heavy (non-hydrogen) atoms. The summed E-state index contributed by atoms with van der Waals surface area (Å²) in [6, 6.07) is 0. The summed E-state index contributed by atoms with van der Waals surface area (Å²) in [6.07, 6.45) is 25.9. The van der Waals surface area contributed by atoms with E-state index < -0.39 is 0 Å². The Morgan fingerprint density at radius 3 is 2.20 bits per heavy atom. The van der Waals surface area contributed by atoms with E-state index in [-0.39, 0.29) is 0 Å². The third-order valence-electron chi connectivity index (χ3n) is 5.29. The molecule has 0 radical (unpaired) electrons. The topological polar surface area (TPSA) is 0 Å². The first-order valence-corrected chi connectivity index (χ1v) is 10.9.